The summed E-state index contributed by atoms with van der Waals surface area (Å²) in [5.74, 6) is 0.641. The molecule has 0 aromatic carbocycles. The van der Waals surface area contributed by atoms with E-state index in [-0.39, 0.29) is 12.1 Å². The van der Waals surface area contributed by atoms with E-state index in [1.54, 1.807) is 0 Å². The summed E-state index contributed by atoms with van der Waals surface area (Å²) in [5.41, 5.74) is 5.59. The van der Waals surface area contributed by atoms with Gasteiger partial charge in [-0.15, -0.1) is 0 Å². The molecule has 17 heavy (non-hydrogen) atoms. The van der Waals surface area contributed by atoms with E-state index in [9.17, 15) is 4.79 Å². The van der Waals surface area contributed by atoms with Crippen molar-refractivity contribution in [3.8, 4) is 0 Å². The number of nitrogens with one attached hydrogen (secondary N) is 1. The molecule has 0 aliphatic carbocycles. The normalized spacial score (nSPS) is 25.6. The largest absolute Gasteiger partial charge is 0.450 e. The Morgan fingerprint density at radius 3 is 2.82 bits per heavy atom. The fourth-order valence-electron chi connectivity index (χ4n) is 2.41. The lowest BCUT2D eigenvalue weighted by Gasteiger charge is -2.37. The van der Waals surface area contributed by atoms with E-state index < -0.39 is 0 Å². The fraction of sp³-hybridized carbons (Fsp3) is 0.917. The van der Waals surface area contributed by atoms with Gasteiger partial charge in [0.1, 0.15) is 0 Å². The summed E-state index contributed by atoms with van der Waals surface area (Å²) in [5, 5.41) is 2.93. The van der Waals surface area contributed by atoms with Crippen LogP contribution < -0.4 is 11.1 Å². The quantitative estimate of drug-likeness (QED) is 0.749. The van der Waals surface area contributed by atoms with E-state index in [0.717, 1.165) is 32.5 Å². The molecule has 0 aromatic rings. The number of likely N-dealkylation sites (tertiary alicyclic amines) is 1. The van der Waals surface area contributed by atoms with Crippen molar-refractivity contribution < 1.29 is 9.53 Å². The average Bonchev–Trinajstić information content (AvgIpc) is 2.29. The first-order chi connectivity index (χ1) is 8.19. The molecular weight excluding hydrogens is 218 g/mol. The number of carbonyl (C=O) groups excluding carboxylic acids is 1. The molecule has 1 rings (SSSR count). The minimum atomic E-state index is -0.304. The van der Waals surface area contributed by atoms with Crippen LogP contribution >= 0.6 is 0 Å². The Kier molecular flexibility index (Phi) is 6.29. The van der Waals surface area contributed by atoms with Crippen molar-refractivity contribution in [1.29, 1.82) is 0 Å². The summed E-state index contributed by atoms with van der Waals surface area (Å²) >= 11 is 0. The van der Waals surface area contributed by atoms with Gasteiger partial charge in [-0.1, -0.05) is 13.3 Å². The second kappa shape index (κ2) is 7.50. The number of amides is 1. The van der Waals surface area contributed by atoms with Crippen molar-refractivity contribution in [2.45, 2.75) is 32.7 Å². The van der Waals surface area contributed by atoms with E-state index >= 15 is 0 Å². The number of ether oxygens (including phenoxy) is 1. The summed E-state index contributed by atoms with van der Waals surface area (Å²) in [6.45, 7) is 7.97. The van der Waals surface area contributed by atoms with Gasteiger partial charge in [0.05, 0.1) is 6.61 Å². The molecule has 5 heteroatoms. The molecule has 0 bridgehead atoms. The molecule has 1 amide bonds. The van der Waals surface area contributed by atoms with Gasteiger partial charge in [-0.05, 0) is 19.3 Å². The molecule has 0 radical (unpaired) electrons. The Bertz CT molecular complexity index is 236. The minimum absolute atomic E-state index is 0.194. The van der Waals surface area contributed by atoms with Gasteiger partial charge in [0.2, 0.25) is 0 Å². The Morgan fingerprint density at radius 2 is 2.24 bits per heavy atom. The molecular formula is C12H25N3O2. The topological polar surface area (TPSA) is 67.6 Å². The molecule has 1 fully saturated rings. The first-order valence-electron chi connectivity index (χ1n) is 6.55. The van der Waals surface area contributed by atoms with Crippen LogP contribution in [0.5, 0.6) is 0 Å². The highest BCUT2D eigenvalue weighted by molar-refractivity contribution is 5.67. The summed E-state index contributed by atoms with van der Waals surface area (Å²) in [7, 11) is 0. The molecule has 1 saturated heterocycles. The molecule has 1 heterocycles. The summed E-state index contributed by atoms with van der Waals surface area (Å²) in [6, 6.07) is 0.194. The van der Waals surface area contributed by atoms with E-state index in [1.165, 1.54) is 0 Å². The highest BCUT2D eigenvalue weighted by Gasteiger charge is 2.27. The zero-order valence-corrected chi connectivity index (χ0v) is 10.9. The predicted octanol–water partition coefficient (Wildman–Crippen LogP) is 0.792. The number of alkyl carbamates (subject to hydrolysis) is 1. The maximum Gasteiger partial charge on any atom is 0.407 e. The van der Waals surface area contributed by atoms with Crippen LogP contribution in [0, 0.1) is 5.92 Å². The minimum Gasteiger partial charge on any atom is -0.450 e. The van der Waals surface area contributed by atoms with Crippen LogP contribution in [-0.4, -0.2) is 49.8 Å². The van der Waals surface area contributed by atoms with Gasteiger partial charge >= 0.3 is 6.09 Å². The average molecular weight is 243 g/mol. The second-order valence-corrected chi connectivity index (χ2v) is 4.62. The zero-order chi connectivity index (χ0) is 12.7. The molecule has 2 unspecified atom stereocenters. The molecule has 2 atom stereocenters. The molecule has 0 aromatic heterocycles. The van der Waals surface area contributed by atoms with Crippen molar-refractivity contribution in [2.24, 2.45) is 11.7 Å². The second-order valence-electron chi connectivity index (χ2n) is 4.62. The van der Waals surface area contributed by atoms with Crippen molar-refractivity contribution in [3.63, 3.8) is 0 Å². The molecule has 100 valence electrons. The SMILES string of the molecule is CCOC(=O)NC1CC(CC)CN(CCN)C1. The van der Waals surface area contributed by atoms with Gasteiger partial charge in [-0.2, -0.15) is 0 Å². The molecule has 1 aliphatic rings. The van der Waals surface area contributed by atoms with E-state index in [2.05, 4.69) is 17.1 Å². The Morgan fingerprint density at radius 1 is 1.47 bits per heavy atom. The third-order valence-electron chi connectivity index (χ3n) is 3.23. The van der Waals surface area contributed by atoms with Crippen molar-refractivity contribution in [2.75, 3.05) is 32.8 Å². The number of nitrogens with zero attached hydrogens (tertiary/aromatic N) is 1. The maximum absolute atomic E-state index is 11.4. The van der Waals surface area contributed by atoms with Gasteiger partial charge in [-0.3, -0.25) is 4.90 Å². The van der Waals surface area contributed by atoms with Crippen LogP contribution in [0.2, 0.25) is 0 Å². The lowest BCUT2D eigenvalue weighted by Crippen LogP contribution is -2.51. The summed E-state index contributed by atoms with van der Waals surface area (Å²) < 4.78 is 4.92. The van der Waals surface area contributed by atoms with Crippen molar-refractivity contribution >= 4 is 6.09 Å². The molecule has 3 N–H and O–H groups in total. The monoisotopic (exact) mass is 243 g/mol. The highest BCUT2D eigenvalue weighted by atomic mass is 16.5. The van der Waals surface area contributed by atoms with E-state index in [1.807, 2.05) is 6.92 Å². The van der Waals surface area contributed by atoms with Gasteiger partial charge in [-0.25, -0.2) is 4.79 Å². The Hall–Kier alpha value is -0.810. The third kappa shape index (κ3) is 4.91. The van der Waals surface area contributed by atoms with Crippen LogP contribution in [0.3, 0.4) is 0 Å². The van der Waals surface area contributed by atoms with E-state index in [0.29, 0.717) is 19.1 Å². The first-order valence-corrected chi connectivity index (χ1v) is 6.55. The summed E-state index contributed by atoms with van der Waals surface area (Å²) in [4.78, 5) is 13.7. The number of hydrogen-bond donors (Lipinski definition) is 2. The van der Waals surface area contributed by atoms with Crippen LogP contribution in [0.25, 0.3) is 0 Å². The van der Waals surface area contributed by atoms with Crippen molar-refractivity contribution in [3.05, 3.63) is 0 Å². The smallest absolute Gasteiger partial charge is 0.407 e. The van der Waals surface area contributed by atoms with Gasteiger partial charge < -0.3 is 15.8 Å². The van der Waals surface area contributed by atoms with Gasteiger partial charge in [0.25, 0.3) is 0 Å². The van der Waals surface area contributed by atoms with Crippen molar-refractivity contribution in [1.82, 2.24) is 10.2 Å². The molecule has 0 saturated carbocycles. The number of rotatable bonds is 5. The Balaban J connectivity index is 2.44. The van der Waals surface area contributed by atoms with Crippen LogP contribution in [0.4, 0.5) is 4.79 Å². The first kappa shape index (κ1) is 14.3. The predicted molar refractivity (Wildman–Crippen MR) is 67.8 cm³/mol. The Labute approximate surface area is 104 Å². The van der Waals surface area contributed by atoms with Crippen LogP contribution in [0.15, 0.2) is 0 Å². The lowest BCUT2D eigenvalue weighted by molar-refractivity contribution is 0.117. The zero-order valence-electron chi connectivity index (χ0n) is 10.9. The molecule has 0 spiro atoms. The highest BCUT2D eigenvalue weighted by Crippen LogP contribution is 2.19. The number of hydrogen-bond acceptors (Lipinski definition) is 4. The fourth-order valence-corrected chi connectivity index (χ4v) is 2.41. The van der Waals surface area contributed by atoms with E-state index in [4.69, 9.17) is 10.5 Å². The summed E-state index contributed by atoms with van der Waals surface area (Å²) in [6.07, 6.45) is 1.88. The number of carbonyl (C=O) groups is 1. The van der Waals surface area contributed by atoms with Gasteiger partial charge in [0, 0.05) is 32.2 Å². The van der Waals surface area contributed by atoms with Crippen LogP contribution in [0.1, 0.15) is 26.7 Å². The van der Waals surface area contributed by atoms with Gasteiger partial charge in [0.15, 0.2) is 0 Å². The number of piperidine rings is 1. The standard InChI is InChI=1S/C12H25N3O2/c1-3-10-7-11(14-12(16)17-4-2)9-15(8-10)6-5-13/h10-11H,3-9,13H2,1-2H3,(H,14,16). The maximum atomic E-state index is 11.4. The number of nitrogens with two attached hydrogens (primary N) is 1. The molecule has 1 aliphatic heterocycles. The molecule has 5 nitrogen and oxygen atoms in total. The van der Waals surface area contributed by atoms with Crippen LogP contribution in [-0.2, 0) is 4.74 Å². The third-order valence-corrected chi connectivity index (χ3v) is 3.23. The lowest BCUT2D eigenvalue weighted by atomic mass is 9.92.